The molecule has 0 spiro atoms. The van der Waals surface area contributed by atoms with Crippen LogP contribution >= 0.6 is 11.6 Å². The van der Waals surface area contributed by atoms with Gasteiger partial charge in [-0.2, -0.15) is 13.2 Å². The number of fused-ring (bicyclic) bond motifs is 1. The molecule has 2 aliphatic heterocycles. The number of anilines is 1. The Hall–Kier alpha value is -3.01. The van der Waals surface area contributed by atoms with Crippen LogP contribution in [0.4, 0.5) is 23.2 Å². The van der Waals surface area contributed by atoms with Crippen molar-refractivity contribution < 1.29 is 36.6 Å². The van der Waals surface area contributed by atoms with Crippen LogP contribution in [0.2, 0.25) is 5.02 Å². The van der Waals surface area contributed by atoms with Crippen molar-refractivity contribution in [1.82, 2.24) is 4.90 Å². The van der Waals surface area contributed by atoms with Crippen LogP contribution in [-0.4, -0.2) is 43.0 Å². The topological polar surface area (TPSA) is 67.9 Å². The van der Waals surface area contributed by atoms with Crippen molar-refractivity contribution in [2.24, 2.45) is 5.92 Å². The minimum absolute atomic E-state index is 0.0916. The quantitative estimate of drug-likeness (QED) is 0.704. The Morgan fingerprint density at radius 1 is 1.26 bits per heavy atom. The van der Waals surface area contributed by atoms with Crippen molar-refractivity contribution in [3.8, 4) is 11.5 Å². The van der Waals surface area contributed by atoms with Crippen LogP contribution in [0.25, 0.3) is 0 Å². The second-order valence-electron chi connectivity index (χ2n) is 7.20. The summed E-state index contributed by atoms with van der Waals surface area (Å²) in [5.41, 5.74) is -0.855. The molecular weight excluding hydrogens is 444 g/mol. The summed E-state index contributed by atoms with van der Waals surface area (Å²) in [5, 5.41) is 2.35. The molecule has 0 atom stereocenters. The van der Waals surface area contributed by atoms with Crippen molar-refractivity contribution in [2.75, 3.05) is 31.6 Å². The van der Waals surface area contributed by atoms with E-state index in [4.69, 9.17) is 21.1 Å². The first-order valence-corrected chi connectivity index (χ1v) is 9.54. The number of hydrogen-bond acceptors (Lipinski definition) is 4. The number of nitrogens with zero attached hydrogens (tertiary/aromatic N) is 1. The normalized spacial score (nSPS) is 16.2. The average Bonchev–Trinajstić information content (AvgIpc) is 2.66. The molecule has 2 aromatic carbocycles. The highest BCUT2D eigenvalue weighted by Gasteiger charge is 2.34. The zero-order valence-electron chi connectivity index (χ0n) is 15.8. The van der Waals surface area contributed by atoms with Gasteiger partial charge in [0.2, 0.25) is 0 Å². The Bertz CT molecular complexity index is 1050. The van der Waals surface area contributed by atoms with E-state index in [1.165, 1.54) is 11.0 Å². The van der Waals surface area contributed by atoms with E-state index < -0.39 is 29.4 Å². The Kier molecular flexibility index (Phi) is 5.42. The minimum Gasteiger partial charge on any atom is -0.492 e. The van der Waals surface area contributed by atoms with E-state index in [0.29, 0.717) is 0 Å². The van der Waals surface area contributed by atoms with Crippen LogP contribution in [0, 0.1) is 11.7 Å². The second-order valence-corrected chi connectivity index (χ2v) is 7.60. The highest BCUT2D eigenvalue weighted by atomic mass is 35.5. The Morgan fingerprint density at radius 2 is 2.00 bits per heavy atom. The summed E-state index contributed by atoms with van der Waals surface area (Å²) in [6, 6.07) is 5.09. The number of likely N-dealkylation sites (tertiary alicyclic amines) is 1. The molecule has 0 aromatic heterocycles. The maximum atomic E-state index is 14.3. The lowest BCUT2D eigenvalue weighted by atomic mass is 9.99. The van der Waals surface area contributed by atoms with Crippen LogP contribution in [0.5, 0.6) is 11.5 Å². The number of amides is 2. The highest BCUT2D eigenvalue weighted by Crippen LogP contribution is 2.35. The Labute approximate surface area is 178 Å². The molecule has 6 nitrogen and oxygen atoms in total. The smallest absolute Gasteiger partial charge is 0.416 e. The van der Waals surface area contributed by atoms with Gasteiger partial charge in [-0.05, 0) is 24.3 Å². The van der Waals surface area contributed by atoms with Crippen LogP contribution in [0.3, 0.4) is 0 Å². The maximum Gasteiger partial charge on any atom is 0.416 e. The molecule has 4 rings (SSSR count). The fourth-order valence-corrected chi connectivity index (χ4v) is 3.51. The Morgan fingerprint density at radius 3 is 2.68 bits per heavy atom. The molecule has 0 radical (unpaired) electrons. The van der Waals surface area contributed by atoms with Gasteiger partial charge in [-0.15, -0.1) is 0 Å². The van der Waals surface area contributed by atoms with Crippen LogP contribution in [-0.2, 0) is 11.0 Å². The van der Waals surface area contributed by atoms with Crippen molar-refractivity contribution in [1.29, 1.82) is 0 Å². The third-order valence-corrected chi connectivity index (χ3v) is 5.21. The number of carbonyl (C=O) groups excluding carboxylic acids is 2. The molecule has 2 aromatic rings. The van der Waals surface area contributed by atoms with Crippen LogP contribution in [0.1, 0.15) is 15.9 Å². The first-order chi connectivity index (χ1) is 14.6. The molecule has 164 valence electrons. The molecule has 0 aliphatic carbocycles. The number of hydrogen-bond donors (Lipinski definition) is 1. The van der Waals surface area contributed by atoms with E-state index in [9.17, 15) is 27.2 Å². The van der Waals surface area contributed by atoms with Crippen molar-refractivity contribution in [2.45, 2.75) is 6.18 Å². The molecule has 0 saturated carbocycles. The van der Waals surface area contributed by atoms with Crippen LogP contribution < -0.4 is 14.8 Å². The van der Waals surface area contributed by atoms with Crippen molar-refractivity contribution in [3.05, 3.63) is 52.3 Å². The molecule has 2 amide bonds. The predicted octanol–water partition coefficient (Wildman–Crippen LogP) is 3.98. The largest absolute Gasteiger partial charge is 0.492 e. The van der Waals surface area contributed by atoms with E-state index in [-0.39, 0.29) is 60.0 Å². The fourth-order valence-electron chi connectivity index (χ4n) is 3.28. The zero-order chi connectivity index (χ0) is 22.3. The predicted molar refractivity (Wildman–Crippen MR) is 102 cm³/mol. The maximum absolute atomic E-state index is 14.3. The lowest BCUT2D eigenvalue weighted by Gasteiger charge is -2.39. The molecule has 1 saturated heterocycles. The number of alkyl halides is 3. The van der Waals surface area contributed by atoms with Gasteiger partial charge in [0, 0.05) is 25.1 Å². The summed E-state index contributed by atoms with van der Waals surface area (Å²) in [6.45, 7) is 0.453. The number of carbonyl (C=O) groups is 2. The standard InChI is InChI=1S/C20H15ClF4N2O4/c21-13-3-11(20(23,24)25)1-2-16(13)30-8-10-6-27(7-10)19(29)12-4-15-17(5-14(12)22)31-9-18(28)26-15/h1-5,10H,6-9H2,(H,26,28). The molecule has 2 heterocycles. The van der Waals surface area contributed by atoms with Gasteiger partial charge >= 0.3 is 6.18 Å². The Balaban J connectivity index is 1.34. The van der Waals surface area contributed by atoms with Gasteiger partial charge in [0.05, 0.1) is 28.4 Å². The number of benzene rings is 2. The third-order valence-electron chi connectivity index (χ3n) is 4.91. The fraction of sp³-hybridized carbons (Fsp3) is 0.300. The summed E-state index contributed by atoms with van der Waals surface area (Å²) >= 11 is 5.85. The molecule has 0 unspecified atom stereocenters. The third kappa shape index (κ3) is 4.39. The minimum atomic E-state index is -4.50. The van der Waals surface area contributed by atoms with Gasteiger partial charge in [0.25, 0.3) is 11.8 Å². The second kappa shape index (κ2) is 7.92. The van der Waals surface area contributed by atoms with E-state index in [1.54, 1.807) is 0 Å². The summed E-state index contributed by atoms with van der Waals surface area (Å²) in [5.74, 6) is -1.56. The first-order valence-electron chi connectivity index (χ1n) is 9.17. The van der Waals surface area contributed by atoms with E-state index >= 15 is 0 Å². The van der Waals surface area contributed by atoms with Gasteiger partial charge in [-0.1, -0.05) is 11.6 Å². The van der Waals surface area contributed by atoms with E-state index in [1.807, 2.05) is 0 Å². The van der Waals surface area contributed by atoms with Crippen LogP contribution in [0.15, 0.2) is 30.3 Å². The summed E-state index contributed by atoms with van der Waals surface area (Å²) in [6.07, 6.45) is -4.50. The highest BCUT2D eigenvalue weighted by molar-refractivity contribution is 6.32. The zero-order valence-corrected chi connectivity index (χ0v) is 16.5. The van der Waals surface area contributed by atoms with E-state index in [0.717, 1.165) is 24.3 Å². The summed E-state index contributed by atoms with van der Waals surface area (Å²) in [4.78, 5) is 25.4. The SMILES string of the molecule is O=C1COc2cc(F)c(C(=O)N3CC(COc4ccc(C(F)(F)F)cc4Cl)C3)cc2N1. The number of nitrogens with one attached hydrogen (secondary N) is 1. The summed E-state index contributed by atoms with van der Waals surface area (Å²) < 4.78 is 63.0. The van der Waals surface area contributed by atoms with Crippen molar-refractivity contribution in [3.63, 3.8) is 0 Å². The van der Waals surface area contributed by atoms with Gasteiger partial charge in [-0.25, -0.2) is 4.39 Å². The molecule has 31 heavy (non-hydrogen) atoms. The first kappa shape index (κ1) is 21.2. The molecular formula is C20H15ClF4N2O4. The molecule has 1 N–H and O–H groups in total. The van der Waals surface area contributed by atoms with Gasteiger partial charge in [-0.3, -0.25) is 9.59 Å². The molecule has 11 heteroatoms. The number of rotatable bonds is 4. The lowest BCUT2D eigenvalue weighted by Crippen LogP contribution is -2.52. The van der Waals surface area contributed by atoms with Crippen molar-refractivity contribution >= 4 is 29.1 Å². The van der Waals surface area contributed by atoms with Gasteiger partial charge in [0.1, 0.15) is 17.3 Å². The molecule has 1 fully saturated rings. The lowest BCUT2D eigenvalue weighted by molar-refractivity contribution is -0.137. The number of ether oxygens (including phenoxy) is 2. The average molecular weight is 459 g/mol. The molecule has 2 aliphatic rings. The monoisotopic (exact) mass is 458 g/mol. The van der Waals surface area contributed by atoms with E-state index in [2.05, 4.69) is 5.32 Å². The molecule has 0 bridgehead atoms. The summed E-state index contributed by atoms with van der Waals surface area (Å²) in [7, 11) is 0. The van der Waals surface area contributed by atoms with Gasteiger partial charge < -0.3 is 19.7 Å². The number of halogens is 5. The van der Waals surface area contributed by atoms with Gasteiger partial charge in [0.15, 0.2) is 6.61 Å².